The standard InChI is InChI=1S/C16H21Cl2NO2/c1-10-12(11-5-6-13(17)14(18)9-11)7-8-19(10)15(20)21-16(2,3)4/h5-6,9-10,12H,7-8H2,1-4H3. The molecule has 1 aliphatic rings. The van der Waals surface area contributed by atoms with Gasteiger partial charge in [0.15, 0.2) is 0 Å². The molecule has 2 atom stereocenters. The second-order valence-electron chi connectivity index (χ2n) is 6.48. The Labute approximate surface area is 136 Å². The molecule has 1 aromatic carbocycles. The lowest BCUT2D eigenvalue weighted by atomic mass is 9.93. The van der Waals surface area contributed by atoms with Crippen molar-refractivity contribution in [3.05, 3.63) is 33.8 Å². The molecule has 116 valence electrons. The van der Waals surface area contributed by atoms with Gasteiger partial charge in [0.25, 0.3) is 0 Å². The van der Waals surface area contributed by atoms with Crippen molar-refractivity contribution in [1.29, 1.82) is 0 Å². The molecule has 0 aliphatic carbocycles. The SMILES string of the molecule is CC1C(c2ccc(Cl)c(Cl)c2)CCN1C(=O)OC(C)(C)C. The van der Waals surface area contributed by atoms with Gasteiger partial charge in [-0.25, -0.2) is 4.79 Å². The highest BCUT2D eigenvalue weighted by molar-refractivity contribution is 6.42. The molecule has 1 aliphatic heterocycles. The summed E-state index contributed by atoms with van der Waals surface area (Å²) in [6.07, 6.45) is 0.649. The minimum Gasteiger partial charge on any atom is -0.444 e. The van der Waals surface area contributed by atoms with E-state index in [2.05, 4.69) is 0 Å². The molecule has 1 saturated heterocycles. The van der Waals surface area contributed by atoms with Crippen LogP contribution in [0, 0.1) is 0 Å². The Bertz CT molecular complexity index is 540. The van der Waals surface area contributed by atoms with E-state index >= 15 is 0 Å². The predicted octanol–water partition coefficient (Wildman–Crippen LogP) is 5.11. The van der Waals surface area contributed by atoms with Crippen molar-refractivity contribution in [3.63, 3.8) is 0 Å². The van der Waals surface area contributed by atoms with E-state index in [0.29, 0.717) is 16.6 Å². The second-order valence-corrected chi connectivity index (χ2v) is 7.30. The maximum atomic E-state index is 12.2. The lowest BCUT2D eigenvalue weighted by Gasteiger charge is -2.28. The third-order valence-corrected chi connectivity index (χ3v) is 4.49. The van der Waals surface area contributed by atoms with Crippen molar-refractivity contribution >= 4 is 29.3 Å². The molecular weight excluding hydrogens is 309 g/mol. The zero-order chi connectivity index (χ0) is 15.8. The summed E-state index contributed by atoms with van der Waals surface area (Å²) in [6, 6.07) is 5.76. The summed E-state index contributed by atoms with van der Waals surface area (Å²) in [6.45, 7) is 8.37. The monoisotopic (exact) mass is 329 g/mol. The number of carbonyl (C=O) groups excluding carboxylic acids is 1. The van der Waals surface area contributed by atoms with E-state index in [9.17, 15) is 4.79 Å². The molecule has 0 saturated carbocycles. The van der Waals surface area contributed by atoms with Gasteiger partial charge in [0.2, 0.25) is 0 Å². The van der Waals surface area contributed by atoms with Crippen LogP contribution in [-0.4, -0.2) is 29.2 Å². The van der Waals surface area contributed by atoms with Gasteiger partial charge < -0.3 is 9.64 Å². The lowest BCUT2D eigenvalue weighted by Crippen LogP contribution is -2.39. The summed E-state index contributed by atoms with van der Waals surface area (Å²) < 4.78 is 5.46. The van der Waals surface area contributed by atoms with E-state index in [4.69, 9.17) is 27.9 Å². The van der Waals surface area contributed by atoms with Crippen LogP contribution >= 0.6 is 23.2 Å². The molecule has 0 spiro atoms. The molecular formula is C16H21Cl2NO2. The van der Waals surface area contributed by atoms with Crippen LogP contribution < -0.4 is 0 Å². The molecule has 0 aromatic heterocycles. The average molecular weight is 330 g/mol. The number of hydrogen-bond acceptors (Lipinski definition) is 2. The summed E-state index contributed by atoms with van der Waals surface area (Å²) in [5.41, 5.74) is 0.640. The van der Waals surface area contributed by atoms with Crippen LogP contribution in [0.1, 0.15) is 45.6 Å². The number of likely N-dealkylation sites (tertiary alicyclic amines) is 1. The fourth-order valence-corrected chi connectivity index (χ4v) is 3.01. The Kier molecular flexibility index (Phi) is 4.74. The number of carbonyl (C=O) groups is 1. The van der Waals surface area contributed by atoms with Crippen LogP contribution in [-0.2, 0) is 4.74 Å². The summed E-state index contributed by atoms with van der Waals surface area (Å²) in [5.74, 6) is 0.257. The largest absolute Gasteiger partial charge is 0.444 e. The van der Waals surface area contributed by atoms with Crippen LogP contribution in [0.25, 0.3) is 0 Å². The first-order chi connectivity index (χ1) is 9.69. The van der Waals surface area contributed by atoms with Gasteiger partial charge in [0, 0.05) is 18.5 Å². The maximum Gasteiger partial charge on any atom is 0.410 e. The Morgan fingerprint density at radius 3 is 2.52 bits per heavy atom. The molecule has 1 heterocycles. The van der Waals surface area contributed by atoms with E-state index in [0.717, 1.165) is 12.0 Å². The molecule has 0 bridgehead atoms. The predicted molar refractivity (Wildman–Crippen MR) is 86.2 cm³/mol. The molecule has 3 nitrogen and oxygen atoms in total. The first kappa shape index (κ1) is 16.4. The summed E-state index contributed by atoms with van der Waals surface area (Å²) >= 11 is 12.0. The average Bonchev–Trinajstić information content (AvgIpc) is 2.73. The maximum absolute atomic E-state index is 12.2. The summed E-state index contributed by atoms with van der Waals surface area (Å²) in [5, 5.41) is 1.10. The van der Waals surface area contributed by atoms with Crippen molar-refractivity contribution in [3.8, 4) is 0 Å². The molecule has 1 amide bonds. The topological polar surface area (TPSA) is 29.5 Å². The zero-order valence-corrected chi connectivity index (χ0v) is 14.3. The van der Waals surface area contributed by atoms with Gasteiger partial charge in [-0.3, -0.25) is 0 Å². The Morgan fingerprint density at radius 2 is 1.95 bits per heavy atom. The van der Waals surface area contributed by atoms with E-state index in [-0.39, 0.29) is 18.1 Å². The fourth-order valence-electron chi connectivity index (χ4n) is 2.71. The quantitative estimate of drug-likeness (QED) is 0.716. The number of benzene rings is 1. The number of nitrogens with zero attached hydrogens (tertiary/aromatic N) is 1. The number of hydrogen-bond donors (Lipinski definition) is 0. The van der Waals surface area contributed by atoms with E-state index in [1.165, 1.54) is 0 Å². The minimum absolute atomic E-state index is 0.0806. The lowest BCUT2D eigenvalue weighted by molar-refractivity contribution is 0.0233. The Morgan fingerprint density at radius 1 is 1.29 bits per heavy atom. The third-order valence-electron chi connectivity index (χ3n) is 3.75. The smallest absolute Gasteiger partial charge is 0.410 e. The zero-order valence-electron chi connectivity index (χ0n) is 12.8. The molecule has 2 rings (SSSR count). The molecule has 0 N–H and O–H groups in total. The van der Waals surface area contributed by atoms with Gasteiger partial charge in [-0.15, -0.1) is 0 Å². The molecule has 21 heavy (non-hydrogen) atoms. The Balaban J connectivity index is 2.12. The molecule has 1 aromatic rings. The second kappa shape index (κ2) is 6.05. The van der Waals surface area contributed by atoms with Gasteiger partial charge >= 0.3 is 6.09 Å². The highest BCUT2D eigenvalue weighted by Gasteiger charge is 2.37. The highest BCUT2D eigenvalue weighted by atomic mass is 35.5. The van der Waals surface area contributed by atoms with Crippen LogP contribution in [0.2, 0.25) is 10.0 Å². The van der Waals surface area contributed by atoms with Crippen molar-refractivity contribution in [2.75, 3.05) is 6.54 Å². The van der Waals surface area contributed by atoms with Crippen LogP contribution in [0.15, 0.2) is 18.2 Å². The number of amides is 1. The van der Waals surface area contributed by atoms with Crippen LogP contribution in [0.3, 0.4) is 0 Å². The highest BCUT2D eigenvalue weighted by Crippen LogP contribution is 2.36. The summed E-state index contributed by atoms with van der Waals surface area (Å²) in [7, 11) is 0. The molecule has 0 radical (unpaired) electrons. The summed E-state index contributed by atoms with van der Waals surface area (Å²) in [4.78, 5) is 14.0. The van der Waals surface area contributed by atoms with Crippen LogP contribution in [0.4, 0.5) is 4.79 Å². The Hall–Kier alpha value is -0.930. The van der Waals surface area contributed by atoms with Gasteiger partial charge in [0.1, 0.15) is 5.60 Å². The number of ether oxygens (including phenoxy) is 1. The fraction of sp³-hybridized carbons (Fsp3) is 0.562. The van der Waals surface area contributed by atoms with Crippen molar-refractivity contribution in [2.45, 2.75) is 51.7 Å². The van der Waals surface area contributed by atoms with Crippen molar-refractivity contribution in [2.24, 2.45) is 0 Å². The van der Waals surface area contributed by atoms with Crippen molar-refractivity contribution < 1.29 is 9.53 Å². The third kappa shape index (κ3) is 3.83. The first-order valence-corrected chi connectivity index (χ1v) is 7.89. The van der Waals surface area contributed by atoms with Gasteiger partial charge in [0.05, 0.1) is 10.0 Å². The van der Waals surface area contributed by atoms with E-state index in [1.807, 2.05) is 45.9 Å². The minimum atomic E-state index is -0.474. The number of halogens is 2. The first-order valence-electron chi connectivity index (χ1n) is 7.13. The van der Waals surface area contributed by atoms with Gasteiger partial charge in [-0.2, -0.15) is 0 Å². The van der Waals surface area contributed by atoms with Gasteiger partial charge in [-0.1, -0.05) is 29.3 Å². The normalized spacial score (nSPS) is 22.5. The molecule has 2 unspecified atom stereocenters. The molecule has 1 fully saturated rings. The van der Waals surface area contributed by atoms with Gasteiger partial charge in [-0.05, 0) is 51.8 Å². The molecule has 5 heteroatoms. The van der Waals surface area contributed by atoms with E-state index < -0.39 is 5.60 Å². The van der Waals surface area contributed by atoms with Crippen molar-refractivity contribution in [1.82, 2.24) is 4.90 Å². The number of rotatable bonds is 1. The van der Waals surface area contributed by atoms with Crippen LogP contribution in [0.5, 0.6) is 0 Å². The van der Waals surface area contributed by atoms with E-state index in [1.54, 1.807) is 4.90 Å².